The highest BCUT2D eigenvalue weighted by atomic mass is 35.5. The maximum atomic E-state index is 8.79. The van der Waals surface area contributed by atoms with E-state index in [1.54, 1.807) is 6.07 Å². The van der Waals surface area contributed by atoms with Crippen LogP contribution in [0.3, 0.4) is 0 Å². The van der Waals surface area contributed by atoms with Crippen molar-refractivity contribution >= 4 is 34.1 Å². The highest BCUT2D eigenvalue weighted by molar-refractivity contribution is 6.39. The molecule has 0 spiro atoms. The van der Waals surface area contributed by atoms with Gasteiger partial charge >= 0.3 is 0 Å². The third-order valence-corrected chi connectivity index (χ3v) is 6.24. The van der Waals surface area contributed by atoms with Crippen molar-refractivity contribution in [2.75, 3.05) is 13.2 Å². The van der Waals surface area contributed by atoms with E-state index in [4.69, 9.17) is 38.0 Å². The molecule has 1 aromatic heterocycles. The topological polar surface area (TPSA) is 42.4 Å². The lowest BCUT2D eigenvalue weighted by atomic mass is 10.1. The van der Waals surface area contributed by atoms with Gasteiger partial charge in [-0.3, -0.25) is 0 Å². The van der Waals surface area contributed by atoms with E-state index in [2.05, 4.69) is 6.07 Å². The van der Waals surface area contributed by atoms with Crippen LogP contribution in [0.5, 0.6) is 5.75 Å². The van der Waals surface area contributed by atoms with E-state index in [-0.39, 0.29) is 0 Å². The van der Waals surface area contributed by atoms with Crippen LogP contribution in [0.4, 0.5) is 0 Å². The molecule has 1 aromatic carbocycles. The minimum absolute atomic E-state index is 0.329. The van der Waals surface area contributed by atoms with Crippen molar-refractivity contribution in [2.24, 2.45) is 5.92 Å². The number of aryl methyl sites for hydroxylation is 1. The Hall–Kier alpha value is -1.03. The van der Waals surface area contributed by atoms with Crippen molar-refractivity contribution in [3.8, 4) is 5.75 Å². The first kappa shape index (κ1) is 22.7. The molecule has 160 valence electrons. The molecule has 0 amide bonds. The molecule has 0 aliphatic heterocycles. The molecule has 1 heterocycles. The first-order valence-corrected chi connectivity index (χ1v) is 12.0. The molecule has 5 heteroatoms. The van der Waals surface area contributed by atoms with Crippen LogP contribution in [0.25, 0.3) is 10.9 Å². The number of aromatic nitrogens is 1. The lowest BCUT2D eigenvalue weighted by Gasteiger charge is -2.13. The number of unbranched alkanes of at least 4 members (excludes halogenated alkanes) is 8. The summed E-state index contributed by atoms with van der Waals surface area (Å²) in [5.74, 6) is 1.34. The van der Waals surface area contributed by atoms with Gasteiger partial charge in [0, 0.05) is 17.7 Å². The third-order valence-electron chi connectivity index (χ3n) is 5.65. The lowest BCUT2D eigenvalue weighted by Crippen LogP contribution is -2.02. The Labute approximate surface area is 184 Å². The van der Waals surface area contributed by atoms with Gasteiger partial charge in [0.15, 0.2) is 5.75 Å². The first-order chi connectivity index (χ1) is 14.2. The average molecular weight is 438 g/mol. The number of ether oxygens (including phenoxy) is 1. The summed E-state index contributed by atoms with van der Waals surface area (Å²) in [6.45, 7) is 1.04. The average Bonchev–Trinajstić information content (AvgIpc) is 3.53. The summed E-state index contributed by atoms with van der Waals surface area (Å²) in [6.07, 6.45) is 14.4. The molecule has 1 N–H and O–H groups in total. The molecule has 1 aliphatic carbocycles. The molecule has 0 unspecified atom stereocenters. The van der Waals surface area contributed by atoms with Gasteiger partial charge in [0.25, 0.3) is 0 Å². The van der Waals surface area contributed by atoms with E-state index >= 15 is 0 Å². The molecule has 29 heavy (non-hydrogen) atoms. The van der Waals surface area contributed by atoms with Crippen LogP contribution in [0.15, 0.2) is 18.2 Å². The molecule has 1 aliphatic rings. The maximum absolute atomic E-state index is 8.79. The van der Waals surface area contributed by atoms with E-state index in [9.17, 15) is 0 Å². The largest absolute Gasteiger partial charge is 0.489 e. The molecule has 1 saturated carbocycles. The Morgan fingerprint density at radius 1 is 0.897 bits per heavy atom. The van der Waals surface area contributed by atoms with Crippen molar-refractivity contribution in [3.05, 3.63) is 33.9 Å². The monoisotopic (exact) mass is 437 g/mol. The zero-order valence-corrected chi connectivity index (χ0v) is 18.8. The second-order valence-corrected chi connectivity index (χ2v) is 9.09. The minimum atomic E-state index is 0.329. The van der Waals surface area contributed by atoms with Gasteiger partial charge in [-0.1, -0.05) is 68.1 Å². The molecule has 2 aromatic rings. The number of rotatable bonds is 14. The fourth-order valence-corrected chi connectivity index (χ4v) is 4.22. The number of benzene rings is 1. The maximum Gasteiger partial charge on any atom is 0.164 e. The molecule has 0 atom stereocenters. The Morgan fingerprint density at radius 3 is 2.21 bits per heavy atom. The van der Waals surface area contributed by atoms with Crippen LogP contribution >= 0.6 is 23.2 Å². The number of hydrogen-bond donors (Lipinski definition) is 1. The van der Waals surface area contributed by atoms with Gasteiger partial charge in [-0.25, -0.2) is 4.98 Å². The van der Waals surface area contributed by atoms with E-state index in [0.29, 0.717) is 34.9 Å². The van der Waals surface area contributed by atoms with Gasteiger partial charge in [-0.05, 0) is 56.2 Å². The van der Waals surface area contributed by atoms with E-state index in [0.717, 1.165) is 42.3 Å². The van der Waals surface area contributed by atoms with Gasteiger partial charge in [0.05, 0.1) is 16.7 Å². The second-order valence-electron chi connectivity index (χ2n) is 8.28. The number of hydrogen-bond acceptors (Lipinski definition) is 3. The Bertz CT molecular complexity index is 777. The molecule has 1 fully saturated rings. The van der Waals surface area contributed by atoms with Crippen molar-refractivity contribution in [1.82, 2.24) is 4.98 Å². The zero-order valence-electron chi connectivity index (χ0n) is 17.3. The van der Waals surface area contributed by atoms with Gasteiger partial charge in [-0.2, -0.15) is 0 Å². The van der Waals surface area contributed by atoms with Crippen LogP contribution in [-0.2, 0) is 6.42 Å². The summed E-state index contributed by atoms with van der Waals surface area (Å²) in [7, 11) is 0. The van der Waals surface area contributed by atoms with Crippen LogP contribution < -0.4 is 4.74 Å². The molecular weight excluding hydrogens is 405 g/mol. The highest BCUT2D eigenvalue weighted by Crippen LogP contribution is 2.39. The smallest absolute Gasteiger partial charge is 0.164 e. The van der Waals surface area contributed by atoms with Crippen LogP contribution in [0.2, 0.25) is 10.0 Å². The summed E-state index contributed by atoms with van der Waals surface area (Å²) in [5, 5.41) is 10.9. The molecule has 3 rings (SSSR count). The van der Waals surface area contributed by atoms with Gasteiger partial charge < -0.3 is 9.84 Å². The van der Waals surface area contributed by atoms with Crippen molar-refractivity contribution in [3.63, 3.8) is 0 Å². The number of aliphatic hydroxyl groups is 1. The van der Waals surface area contributed by atoms with Crippen LogP contribution in [-0.4, -0.2) is 23.3 Å². The van der Waals surface area contributed by atoms with Crippen molar-refractivity contribution in [1.29, 1.82) is 0 Å². The predicted molar refractivity (Wildman–Crippen MR) is 122 cm³/mol. The summed E-state index contributed by atoms with van der Waals surface area (Å²) >= 11 is 12.8. The third kappa shape index (κ3) is 7.31. The molecule has 0 radical (unpaired) electrons. The lowest BCUT2D eigenvalue weighted by molar-refractivity contribution is 0.282. The molecule has 0 saturated heterocycles. The molecule has 3 nitrogen and oxygen atoms in total. The normalized spacial score (nSPS) is 13.9. The zero-order chi connectivity index (χ0) is 20.5. The summed E-state index contributed by atoms with van der Waals surface area (Å²) in [5.41, 5.74) is 1.87. The fourth-order valence-electron chi connectivity index (χ4n) is 3.65. The van der Waals surface area contributed by atoms with Gasteiger partial charge in [0.2, 0.25) is 0 Å². The van der Waals surface area contributed by atoms with Gasteiger partial charge in [0.1, 0.15) is 5.52 Å². The highest BCUT2D eigenvalue weighted by Gasteiger charge is 2.23. The fraction of sp³-hybridized carbons (Fsp3) is 0.625. The van der Waals surface area contributed by atoms with E-state index in [1.165, 1.54) is 51.4 Å². The molecular formula is C24H33Cl2NO2. The summed E-state index contributed by atoms with van der Waals surface area (Å²) in [4.78, 5) is 4.86. The Morgan fingerprint density at radius 2 is 1.55 bits per heavy atom. The Balaban J connectivity index is 1.47. The van der Waals surface area contributed by atoms with Gasteiger partial charge in [-0.15, -0.1) is 0 Å². The number of aliphatic hydroxyl groups excluding tert-OH is 1. The molecule has 0 bridgehead atoms. The van der Waals surface area contributed by atoms with E-state index < -0.39 is 0 Å². The van der Waals surface area contributed by atoms with Crippen LogP contribution in [0, 0.1) is 5.92 Å². The number of pyridine rings is 1. The standard InChI is InChI=1S/C24H33Cl2NO2/c25-21-16-22(26)24(29-17-18-11-12-18)23-20(21)14-13-19(27-23)10-8-6-4-2-1-3-5-7-9-15-28/h13-14,16,18,28H,1-12,15,17H2. The number of nitrogens with zero attached hydrogens (tertiary/aromatic N) is 1. The van der Waals surface area contributed by atoms with E-state index in [1.807, 2.05) is 6.07 Å². The minimum Gasteiger partial charge on any atom is -0.489 e. The quantitative estimate of drug-likeness (QED) is 0.313. The van der Waals surface area contributed by atoms with Crippen LogP contribution in [0.1, 0.15) is 76.3 Å². The van der Waals surface area contributed by atoms with Crippen molar-refractivity contribution in [2.45, 2.75) is 77.0 Å². The van der Waals surface area contributed by atoms with Crippen molar-refractivity contribution < 1.29 is 9.84 Å². The number of fused-ring (bicyclic) bond motifs is 1. The first-order valence-electron chi connectivity index (χ1n) is 11.2. The Kier molecular flexibility index (Phi) is 9.36. The summed E-state index contributed by atoms with van der Waals surface area (Å²) < 4.78 is 6.02. The predicted octanol–water partition coefficient (Wildman–Crippen LogP) is 7.38. The SMILES string of the molecule is OCCCCCCCCCCCc1ccc2c(Cl)cc(Cl)c(OCC3CC3)c2n1. The summed E-state index contributed by atoms with van der Waals surface area (Å²) in [6, 6.07) is 5.89. The second kappa shape index (κ2) is 12.0. The number of halogens is 2.